The molecule has 8 aromatic carbocycles. The molecule has 326 valence electrons. The van der Waals surface area contributed by atoms with E-state index in [0.717, 1.165) is 59.7 Å². The summed E-state index contributed by atoms with van der Waals surface area (Å²) in [7, 11) is 0. The van der Waals surface area contributed by atoms with Gasteiger partial charge in [-0.2, -0.15) is 12.1 Å². The van der Waals surface area contributed by atoms with Crippen molar-refractivity contribution in [3.63, 3.8) is 0 Å². The van der Waals surface area contributed by atoms with Gasteiger partial charge in [-0.25, -0.2) is 0 Å². The molecule has 67 heavy (non-hydrogen) atoms. The molecule has 2 aromatic heterocycles. The van der Waals surface area contributed by atoms with Gasteiger partial charge in [0.2, 0.25) is 0 Å². The van der Waals surface area contributed by atoms with Crippen LogP contribution in [-0.2, 0) is 24.8 Å². The molecule has 2 aliphatic rings. The quantitative estimate of drug-likeness (QED) is 0.118. The Labute approximate surface area is 412 Å². The van der Waals surface area contributed by atoms with E-state index in [1.165, 1.54) is 0 Å². The SMILES string of the molecule is [2H]c1c([2H])c([2H])c2c(c1[2H])B1N(c3cccc(Oc4[c-]c(-n5[c](=[Pt])n(-c6c(-c7ccccc7)cc(C([2H])([2H])[2H])cc6-c6cccc(C(C)(C)C)c6)c6ccccc65)ccc4)n3)c3[c-]cccc3N1c1ccccc1-2. The molecule has 0 bridgehead atoms. The molecule has 8 heteroatoms. The average Bonchev–Trinajstić information content (AvgIpc) is 3.90. The van der Waals surface area contributed by atoms with Crippen molar-refractivity contribution >= 4 is 46.4 Å². The molecule has 0 aliphatic carbocycles. The summed E-state index contributed by atoms with van der Waals surface area (Å²) in [4.78, 5) is 9.15. The topological polar surface area (TPSA) is 38.5 Å². The van der Waals surface area contributed by atoms with Crippen LogP contribution in [0.4, 0.5) is 22.9 Å². The molecule has 0 atom stereocenters. The molecule has 0 N–H and O–H groups in total. The Morgan fingerprint density at radius 3 is 2.21 bits per heavy atom. The summed E-state index contributed by atoms with van der Waals surface area (Å²) in [6.45, 7) is 3.43. The normalized spacial score (nSPS) is 14.5. The fourth-order valence-corrected chi connectivity index (χ4v) is 10.6. The molecule has 0 spiro atoms. The summed E-state index contributed by atoms with van der Waals surface area (Å²) < 4.78 is 73.6. The number of hydrogen-bond donors (Lipinski definition) is 0. The van der Waals surface area contributed by atoms with Gasteiger partial charge in [0.05, 0.1) is 5.48 Å². The predicted molar refractivity (Wildman–Crippen MR) is 270 cm³/mol. The van der Waals surface area contributed by atoms with Gasteiger partial charge in [0.15, 0.2) is 0 Å². The predicted octanol–water partition coefficient (Wildman–Crippen LogP) is 13.9. The molecular formula is C59H44BN5OPt-2. The molecule has 6 nitrogen and oxygen atoms in total. The van der Waals surface area contributed by atoms with E-state index in [1.54, 1.807) is 6.07 Å². The summed E-state index contributed by atoms with van der Waals surface area (Å²) in [6.07, 6.45) is 0. The molecule has 0 fully saturated rings. The number of hydrogen-bond acceptors (Lipinski definition) is 4. The van der Waals surface area contributed by atoms with Crippen LogP contribution in [0.25, 0.3) is 55.8 Å². The third-order valence-corrected chi connectivity index (χ3v) is 13.6. The van der Waals surface area contributed by atoms with Crippen LogP contribution in [0.5, 0.6) is 11.6 Å². The molecule has 0 radical (unpaired) electrons. The Morgan fingerprint density at radius 1 is 0.657 bits per heavy atom. The Balaban J connectivity index is 0.987. The molecule has 0 saturated heterocycles. The number of nitrogens with zero attached hydrogens (tertiary/aromatic N) is 5. The minimum atomic E-state index is -2.38. The zero-order valence-corrected chi connectivity index (χ0v) is 39.0. The smallest absolute Gasteiger partial charge is 0.175 e. The van der Waals surface area contributed by atoms with Gasteiger partial charge in [-0.05, 0) is 11.6 Å². The first-order chi connectivity index (χ1) is 35.6. The number of pyridine rings is 1. The van der Waals surface area contributed by atoms with Crippen molar-refractivity contribution in [1.82, 2.24) is 14.1 Å². The van der Waals surface area contributed by atoms with Crippen molar-refractivity contribution < 1.29 is 33.7 Å². The minimum absolute atomic E-state index is 0.0986. The van der Waals surface area contributed by atoms with Crippen molar-refractivity contribution in [2.24, 2.45) is 0 Å². The van der Waals surface area contributed by atoms with Gasteiger partial charge in [0.25, 0.3) is 0 Å². The summed E-state index contributed by atoms with van der Waals surface area (Å²) in [5.41, 5.74) is 11.8. The first-order valence-electron chi connectivity index (χ1n) is 25.6. The second-order valence-electron chi connectivity index (χ2n) is 17.7. The summed E-state index contributed by atoms with van der Waals surface area (Å²) >= 11 is 2.36. The van der Waals surface area contributed by atoms with Crippen LogP contribution in [0.3, 0.4) is 0 Å². The van der Waals surface area contributed by atoms with Gasteiger partial charge >= 0.3 is 325 Å². The monoisotopic (exact) mass is 1050 g/mol. The van der Waals surface area contributed by atoms with Crippen molar-refractivity contribution in [2.75, 3.05) is 9.62 Å². The molecule has 12 rings (SSSR count). The van der Waals surface area contributed by atoms with Gasteiger partial charge in [-0.3, -0.25) is 0 Å². The van der Waals surface area contributed by atoms with Crippen LogP contribution < -0.4 is 19.8 Å². The van der Waals surface area contributed by atoms with Crippen molar-refractivity contribution in [3.8, 4) is 56.4 Å². The molecule has 4 heterocycles. The maximum atomic E-state index is 9.29. The van der Waals surface area contributed by atoms with E-state index >= 15 is 0 Å². The zero-order valence-electron chi connectivity index (χ0n) is 43.7. The van der Waals surface area contributed by atoms with E-state index in [-0.39, 0.29) is 41.0 Å². The standard InChI is InChI=1S/C59H44BN5O.Pt/c1-40-35-48(41-19-6-5-7-20-41)58(49(36-40)42-21-16-22-43(37-42)59(2,3)4)63-39-62(52-29-12-13-30-53(52)63)44-23-17-24-45(38-44)66-57-34-18-33-56(61-57)65-55-32-15-14-31-54(55)64-51-28-11-9-26-47(51)46-25-8-10-27-50(46)60(64)65;/h5-31,33-37H,1-4H3;/q-2;/i1D3,8D,10D,25D,27D;. The van der Waals surface area contributed by atoms with Gasteiger partial charge in [-0.15, -0.1) is 6.07 Å². The van der Waals surface area contributed by atoms with E-state index in [1.807, 2.05) is 138 Å². The van der Waals surface area contributed by atoms with Crippen LogP contribution in [0, 0.1) is 22.8 Å². The van der Waals surface area contributed by atoms with Crippen molar-refractivity contribution in [3.05, 3.63) is 221 Å². The fourth-order valence-electron chi connectivity index (χ4n) is 9.53. The fraction of sp³-hybridized carbons (Fsp3) is 0.0847. The van der Waals surface area contributed by atoms with E-state index in [2.05, 4.69) is 96.5 Å². The molecule has 0 unspecified atom stereocenters. The number of benzene rings is 8. The van der Waals surface area contributed by atoms with E-state index < -0.39 is 13.8 Å². The first kappa shape index (κ1) is 33.9. The number of ether oxygens (including phenoxy) is 1. The van der Waals surface area contributed by atoms with Crippen LogP contribution in [0.15, 0.2) is 194 Å². The zero-order chi connectivity index (χ0) is 51.4. The Kier molecular flexibility index (Phi) is 8.18. The number of para-hydroxylation sites is 4. The Bertz CT molecular complexity index is 3980. The van der Waals surface area contributed by atoms with Gasteiger partial charge in [-0.1, -0.05) is 42.4 Å². The summed E-state index contributed by atoms with van der Waals surface area (Å²) in [5.74, 6) is 1.17. The van der Waals surface area contributed by atoms with Crippen LogP contribution in [0.1, 0.15) is 41.5 Å². The number of imidazole rings is 1. The average molecular weight is 1050 g/mol. The molecule has 0 amide bonds. The van der Waals surface area contributed by atoms with E-state index in [4.69, 9.17) is 17.9 Å². The molecule has 10 aromatic rings. The first-order valence-corrected chi connectivity index (χ1v) is 23.2. The Morgan fingerprint density at radius 2 is 1.37 bits per heavy atom. The number of fused-ring (bicyclic) bond motifs is 9. The number of anilines is 4. The second-order valence-corrected chi connectivity index (χ2v) is 18.7. The van der Waals surface area contributed by atoms with Crippen molar-refractivity contribution in [2.45, 2.75) is 33.0 Å². The van der Waals surface area contributed by atoms with Gasteiger partial charge in [0, 0.05) is 11.3 Å². The number of aryl methyl sites for hydroxylation is 1. The minimum Gasteiger partial charge on any atom is -0.175 e. The number of aromatic nitrogens is 3. The van der Waals surface area contributed by atoms with E-state index in [9.17, 15) is 1.37 Å². The van der Waals surface area contributed by atoms with Gasteiger partial charge < -0.3 is 0 Å². The summed E-state index contributed by atoms with van der Waals surface area (Å²) in [5, 5.41) is 0. The van der Waals surface area contributed by atoms with Crippen LogP contribution in [-0.4, -0.2) is 21.1 Å². The van der Waals surface area contributed by atoms with Crippen molar-refractivity contribution in [1.29, 1.82) is 0 Å². The Hall–Kier alpha value is -7.47. The molecular weight excluding hydrogens is 1000 g/mol. The van der Waals surface area contributed by atoms with Crippen LogP contribution >= 0.6 is 0 Å². The second kappa shape index (κ2) is 16.1. The number of rotatable bonds is 7. The van der Waals surface area contributed by atoms with Crippen LogP contribution in [0.2, 0.25) is 0 Å². The summed E-state index contributed by atoms with van der Waals surface area (Å²) in [6, 6.07) is 60.9. The molecule has 0 saturated carbocycles. The van der Waals surface area contributed by atoms with E-state index in [0.29, 0.717) is 39.5 Å². The maximum absolute atomic E-state index is 9.29. The third-order valence-electron chi connectivity index (χ3n) is 12.5. The van der Waals surface area contributed by atoms with Gasteiger partial charge in [0.1, 0.15) is 0 Å². The third kappa shape index (κ3) is 6.91. The molecule has 2 aliphatic heterocycles.